The molecule has 0 aliphatic rings. The summed E-state index contributed by atoms with van der Waals surface area (Å²) in [6, 6.07) is 36.3. The molecule has 0 aliphatic carbocycles. The molecule has 258 valence electrons. The number of ether oxygens (including phenoxy) is 1. The lowest BCUT2D eigenvalue weighted by Gasteiger charge is -2.18. The summed E-state index contributed by atoms with van der Waals surface area (Å²) in [7, 11) is 0. The van der Waals surface area contributed by atoms with Gasteiger partial charge >= 0.3 is 6.03 Å². The molecule has 0 bridgehead atoms. The van der Waals surface area contributed by atoms with Crippen LogP contribution in [0.2, 0.25) is 0 Å². The van der Waals surface area contributed by atoms with Crippen molar-refractivity contribution in [1.29, 1.82) is 0 Å². The predicted octanol–water partition coefficient (Wildman–Crippen LogP) is 5.57. The smallest absolute Gasteiger partial charge is 0.315 e. The highest BCUT2D eigenvalue weighted by Gasteiger charge is 2.12. The number of urea groups is 1. The molecule has 1 heterocycles. The largest absolute Gasteiger partial charge is 0.457 e. The van der Waals surface area contributed by atoms with Gasteiger partial charge in [0.1, 0.15) is 17.3 Å². The number of hydrogen-bond acceptors (Lipinski definition) is 7. The fourth-order valence-electron chi connectivity index (χ4n) is 5.33. The lowest BCUT2D eigenvalue weighted by molar-refractivity contribution is -0.120. The van der Waals surface area contributed by atoms with Gasteiger partial charge in [-0.15, -0.1) is 0 Å². The van der Waals surface area contributed by atoms with E-state index in [2.05, 4.69) is 33.2 Å². The van der Waals surface area contributed by atoms with Gasteiger partial charge in [0, 0.05) is 44.0 Å². The molecule has 0 saturated carbocycles. The highest BCUT2D eigenvalue weighted by Crippen LogP contribution is 2.22. The average molecular weight is 673 g/mol. The summed E-state index contributed by atoms with van der Waals surface area (Å²) in [6.07, 6.45) is 1.94. The third-order valence-electron chi connectivity index (χ3n) is 8.05. The highest BCUT2D eigenvalue weighted by molar-refractivity contribution is 5.78. The summed E-state index contributed by atoms with van der Waals surface area (Å²) in [5, 5.41) is 22.6. The summed E-state index contributed by atoms with van der Waals surface area (Å²) in [4.78, 5) is 29.2. The molecule has 10 heteroatoms. The van der Waals surface area contributed by atoms with E-state index in [1.807, 2.05) is 103 Å². The minimum Gasteiger partial charge on any atom is -0.457 e. The Kier molecular flexibility index (Phi) is 12.9. The molecule has 5 aromatic rings. The lowest BCUT2D eigenvalue weighted by atomic mass is 10.0. The number of para-hydroxylation sites is 1. The van der Waals surface area contributed by atoms with Crippen molar-refractivity contribution in [3.8, 4) is 11.5 Å². The van der Waals surface area contributed by atoms with Crippen LogP contribution in [0, 0.1) is 0 Å². The van der Waals surface area contributed by atoms with Gasteiger partial charge < -0.3 is 36.8 Å². The van der Waals surface area contributed by atoms with Crippen molar-refractivity contribution < 1.29 is 19.4 Å². The Morgan fingerprint density at radius 3 is 2.08 bits per heavy atom. The van der Waals surface area contributed by atoms with Crippen LogP contribution >= 0.6 is 0 Å². The molecule has 4 aromatic carbocycles. The second-order valence-corrected chi connectivity index (χ2v) is 12.2. The number of anilines is 1. The first-order chi connectivity index (χ1) is 24.3. The third kappa shape index (κ3) is 11.8. The van der Waals surface area contributed by atoms with E-state index in [0.717, 1.165) is 40.0 Å². The molecule has 0 radical (unpaired) electrons. The SMILES string of the molecule is C[C@H](Cc1cccc(CC(=O)NCc2ccc(CNC(=O)NCc3cccc(Oc4ccccc4)c3)cc2)c1)NC[C@H](O)c1ccc(N)nc1. The van der Waals surface area contributed by atoms with Crippen molar-refractivity contribution in [3.05, 3.63) is 155 Å². The number of rotatable bonds is 16. The first-order valence-electron chi connectivity index (χ1n) is 16.7. The molecule has 0 aliphatic heterocycles. The summed E-state index contributed by atoms with van der Waals surface area (Å²) in [5.41, 5.74) is 11.2. The number of nitrogen functional groups attached to an aromatic ring is 1. The second-order valence-electron chi connectivity index (χ2n) is 12.2. The number of carbonyl (C=O) groups excluding carboxylic acids is 2. The molecule has 3 amide bonds. The molecule has 0 spiro atoms. The van der Waals surface area contributed by atoms with Crippen LogP contribution < -0.4 is 31.7 Å². The van der Waals surface area contributed by atoms with Crippen LogP contribution in [-0.4, -0.2) is 34.6 Å². The zero-order valence-corrected chi connectivity index (χ0v) is 28.1. The van der Waals surface area contributed by atoms with Gasteiger partial charge in [-0.2, -0.15) is 0 Å². The summed E-state index contributed by atoms with van der Waals surface area (Å²) >= 11 is 0. The summed E-state index contributed by atoms with van der Waals surface area (Å²) < 4.78 is 5.88. The Bertz CT molecular complexity index is 1820. The third-order valence-corrected chi connectivity index (χ3v) is 8.05. The van der Waals surface area contributed by atoms with E-state index < -0.39 is 6.10 Å². The number of nitrogens with two attached hydrogens (primary N) is 1. The van der Waals surface area contributed by atoms with Crippen molar-refractivity contribution in [2.75, 3.05) is 12.3 Å². The van der Waals surface area contributed by atoms with Gasteiger partial charge in [0.05, 0.1) is 12.5 Å². The van der Waals surface area contributed by atoms with Crippen LogP contribution in [0.3, 0.4) is 0 Å². The number of carbonyl (C=O) groups is 2. The number of pyridine rings is 1. The van der Waals surface area contributed by atoms with Crippen LogP contribution in [0.25, 0.3) is 0 Å². The van der Waals surface area contributed by atoms with Crippen LogP contribution in [0.4, 0.5) is 10.6 Å². The van der Waals surface area contributed by atoms with Gasteiger partial charge in [0.25, 0.3) is 0 Å². The van der Waals surface area contributed by atoms with Crippen LogP contribution in [0.1, 0.15) is 46.4 Å². The van der Waals surface area contributed by atoms with E-state index in [-0.39, 0.29) is 24.4 Å². The van der Waals surface area contributed by atoms with Gasteiger partial charge in [-0.1, -0.05) is 84.9 Å². The van der Waals surface area contributed by atoms with Gasteiger partial charge in [0.2, 0.25) is 5.91 Å². The van der Waals surface area contributed by atoms with E-state index >= 15 is 0 Å². The van der Waals surface area contributed by atoms with Gasteiger partial charge in [-0.25, -0.2) is 9.78 Å². The van der Waals surface area contributed by atoms with E-state index in [1.54, 1.807) is 18.3 Å². The zero-order chi connectivity index (χ0) is 35.1. The fourth-order valence-corrected chi connectivity index (χ4v) is 5.33. The van der Waals surface area contributed by atoms with Crippen LogP contribution in [0.5, 0.6) is 11.5 Å². The molecule has 10 nitrogen and oxygen atoms in total. The van der Waals surface area contributed by atoms with E-state index in [4.69, 9.17) is 10.5 Å². The molecule has 0 saturated heterocycles. The molecule has 0 unspecified atom stereocenters. The maximum Gasteiger partial charge on any atom is 0.315 e. The average Bonchev–Trinajstić information content (AvgIpc) is 3.13. The molecular weight excluding hydrogens is 628 g/mol. The molecular formula is C40H44N6O4. The maximum atomic E-state index is 12.7. The van der Waals surface area contributed by atoms with Crippen molar-refractivity contribution in [1.82, 2.24) is 26.3 Å². The van der Waals surface area contributed by atoms with E-state index in [9.17, 15) is 14.7 Å². The lowest BCUT2D eigenvalue weighted by Crippen LogP contribution is -2.34. The Balaban J connectivity index is 0.986. The number of aliphatic hydroxyl groups excluding tert-OH is 1. The van der Waals surface area contributed by atoms with Gasteiger partial charge in [-0.05, 0) is 71.5 Å². The Morgan fingerprint density at radius 1 is 0.720 bits per heavy atom. The van der Waals surface area contributed by atoms with Crippen LogP contribution in [-0.2, 0) is 37.3 Å². The highest BCUT2D eigenvalue weighted by atomic mass is 16.5. The van der Waals surface area contributed by atoms with Crippen molar-refractivity contribution in [3.63, 3.8) is 0 Å². The molecule has 2 atom stereocenters. The summed E-state index contributed by atoms with van der Waals surface area (Å²) in [6.45, 7) is 3.61. The monoisotopic (exact) mass is 672 g/mol. The van der Waals surface area contributed by atoms with Crippen LogP contribution in [0.15, 0.2) is 121 Å². The number of nitrogens with zero attached hydrogens (tertiary/aromatic N) is 1. The number of amides is 3. The molecule has 50 heavy (non-hydrogen) atoms. The molecule has 5 rings (SSSR count). The normalized spacial score (nSPS) is 12.0. The van der Waals surface area contributed by atoms with Gasteiger partial charge in [-0.3, -0.25) is 4.79 Å². The first-order valence-corrected chi connectivity index (χ1v) is 16.7. The Labute approximate surface area is 293 Å². The predicted molar refractivity (Wildman–Crippen MR) is 195 cm³/mol. The number of aliphatic hydroxyl groups is 1. The molecule has 7 N–H and O–H groups in total. The number of nitrogens with one attached hydrogen (secondary N) is 4. The molecule has 0 fully saturated rings. The molecule has 1 aromatic heterocycles. The zero-order valence-electron chi connectivity index (χ0n) is 28.1. The quantitative estimate of drug-likeness (QED) is 0.0803. The first kappa shape index (κ1) is 35.6. The Hall–Kier alpha value is -5.71. The van der Waals surface area contributed by atoms with Crippen molar-refractivity contribution in [2.24, 2.45) is 0 Å². The topological polar surface area (TPSA) is 151 Å². The number of benzene rings is 4. The van der Waals surface area contributed by atoms with E-state index in [0.29, 0.717) is 43.3 Å². The Morgan fingerprint density at radius 2 is 1.36 bits per heavy atom. The maximum absolute atomic E-state index is 12.7. The van der Waals surface area contributed by atoms with Crippen molar-refractivity contribution in [2.45, 2.75) is 51.5 Å². The minimum atomic E-state index is -0.679. The number of aromatic nitrogens is 1. The van der Waals surface area contributed by atoms with Gasteiger partial charge in [0.15, 0.2) is 0 Å². The standard InChI is InChI=1S/C40H44N6O4/c1-28(42-27-37(47)34-17-18-38(41)43-26-34)19-31-7-5-8-32(20-31)22-39(48)44-23-29-13-15-30(16-14-29)24-45-40(49)46-25-33-9-6-12-36(21-33)50-35-10-3-2-4-11-35/h2-18,20-21,26,28,37,42,47H,19,22-25,27H2,1H3,(H2,41,43)(H,44,48)(H2,45,46,49)/t28-,37+/m1/s1. The minimum absolute atomic E-state index is 0.0619. The fraction of sp³-hybridized carbons (Fsp3) is 0.225. The van der Waals surface area contributed by atoms with Crippen molar-refractivity contribution >= 4 is 17.8 Å². The van der Waals surface area contributed by atoms with E-state index in [1.165, 1.54) is 0 Å². The summed E-state index contributed by atoms with van der Waals surface area (Å²) in [5.74, 6) is 1.82. The second kappa shape index (κ2) is 18.2. The number of hydrogen-bond donors (Lipinski definition) is 6.